The minimum Gasteiger partial charge on any atom is -0.508 e. The molecule has 0 fully saturated rings. The summed E-state index contributed by atoms with van der Waals surface area (Å²) in [5.41, 5.74) is 1.53. The van der Waals surface area contributed by atoms with Gasteiger partial charge in [0, 0.05) is 23.2 Å². The van der Waals surface area contributed by atoms with Gasteiger partial charge in [-0.05, 0) is 31.2 Å². The molecule has 2 rings (SSSR count). The van der Waals surface area contributed by atoms with Gasteiger partial charge in [-0.1, -0.05) is 0 Å². The summed E-state index contributed by atoms with van der Waals surface area (Å²) < 4.78 is 10.1. The van der Waals surface area contributed by atoms with Crippen LogP contribution in [0.4, 0.5) is 5.69 Å². The summed E-state index contributed by atoms with van der Waals surface area (Å²) in [6.45, 7) is 2.56. The topological polar surface area (TPSA) is 67.8 Å². The molecule has 1 heterocycles. The highest BCUT2D eigenvalue weighted by Crippen LogP contribution is 2.25. The third-order valence-electron chi connectivity index (χ3n) is 2.85. The Morgan fingerprint density at radius 3 is 2.90 bits per heavy atom. The minimum atomic E-state index is -0.320. The molecule has 0 aliphatic carbocycles. The summed E-state index contributed by atoms with van der Waals surface area (Å²) in [6.07, 6.45) is 0. The van der Waals surface area contributed by atoms with Crippen LogP contribution in [0, 0.1) is 0 Å². The first-order valence-electron chi connectivity index (χ1n) is 6.49. The Hall–Kier alpha value is -2.21. The van der Waals surface area contributed by atoms with Crippen LogP contribution in [-0.4, -0.2) is 24.8 Å². The third-order valence-corrected chi connectivity index (χ3v) is 3.76. The Morgan fingerprint density at radius 2 is 2.19 bits per heavy atom. The average molecular weight is 307 g/mol. The number of methoxy groups -OCH3 is 1. The molecule has 6 heteroatoms. The normalized spacial score (nSPS) is 10.2. The molecule has 0 spiro atoms. The van der Waals surface area contributed by atoms with E-state index in [1.165, 1.54) is 11.3 Å². The van der Waals surface area contributed by atoms with Gasteiger partial charge in [-0.3, -0.25) is 0 Å². The number of carbonyl (C=O) groups is 1. The standard InChI is InChI=1S/C15H17NO4S/c1-3-20-15(18)14-7-11(9-21-14)16-8-10-6-12(19-2)4-5-13(10)17/h4-7,9,16-17H,3,8H2,1-2H3. The molecule has 2 aromatic rings. The molecular weight excluding hydrogens is 290 g/mol. The van der Waals surface area contributed by atoms with Crippen LogP contribution in [0.2, 0.25) is 0 Å². The fraction of sp³-hybridized carbons (Fsp3) is 0.267. The first kappa shape index (κ1) is 15.2. The molecule has 5 nitrogen and oxygen atoms in total. The van der Waals surface area contributed by atoms with Gasteiger partial charge >= 0.3 is 5.97 Å². The lowest BCUT2D eigenvalue weighted by Gasteiger charge is -2.08. The number of carbonyl (C=O) groups excluding carboxylic acids is 1. The number of benzene rings is 1. The molecule has 1 aromatic carbocycles. The van der Waals surface area contributed by atoms with Gasteiger partial charge in [0.05, 0.1) is 13.7 Å². The Morgan fingerprint density at radius 1 is 1.38 bits per heavy atom. The number of rotatable bonds is 6. The van der Waals surface area contributed by atoms with Gasteiger partial charge in [0.2, 0.25) is 0 Å². The van der Waals surface area contributed by atoms with Crippen molar-refractivity contribution >= 4 is 23.0 Å². The van der Waals surface area contributed by atoms with Crippen molar-refractivity contribution in [3.63, 3.8) is 0 Å². The van der Waals surface area contributed by atoms with Crippen LogP contribution in [0.25, 0.3) is 0 Å². The van der Waals surface area contributed by atoms with Crippen LogP contribution in [-0.2, 0) is 11.3 Å². The fourth-order valence-electron chi connectivity index (χ4n) is 1.77. The van der Waals surface area contributed by atoms with Crippen molar-refractivity contribution in [2.75, 3.05) is 19.0 Å². The van der Waals surface area contributed by atoms with E-state index in [1.54, 1.807) is 38.3 Å². The molecule has 112 valence electrons. The minimum absolute atomic E-state index is 0.198. The van der Waals surface area contributed by atoms with E-state index in [0.29, 0.717) is 23.8 Å². The summed E-state index contributed by atoms with van der Waals surface area (Å²) >= 11 is 1.32. The van der Waals surface area contributed by atoms with E-state index in [4.69, 9.17) is 9.47 Å². The third kappa shape index (κ3) is 3.88. The Balaban J connectivity index is 2.02. The number of hydrogen-bond acceptors (Lipinski definition) is 6. The van der Waals surface area contributed by atoms with Crippen LogP contribution in [0.15, 0.2) is 29.6 Å². The molecule has 0 saturated carbocycles. The van der Waals surface area contributed by atoms with Crippen molar-refractivity contribution in [3.8, 4) is 11.5 Å². The molecule has 0 amide bonds. The monoisotopic (exact) mass is 307 g/mol. The largest absolute Gasteiger partial charge is 0.508 e. The predicted octanol–water partition coefficient (Wildman–Crippen LogP) is 3.25. The smallest absolute Gasteiger partial charge is 0.348 e. The predicted molar refractivity (Wildman–Crippen MR) is 82.3 cm³/mol. The van der Waals surface area contributed by atoms with Crippen molar-refractivity contribution in [3.05, 3.63) is 40.1 Å². The summed E-state index contributed by atoms with van der Waals surface area (Å²) in [5, 5.41) is 14.8. The van der Waals surface area contributed by atoms with Crippen molar-refractivity contribution < 1.29 is 19.4 Å². The number of thiophene rings is 1. The zero-order chi connectivity index (χ0) is 15.2. The lowest BCUT2D eigenvalue weighted by Crippen LogP contribution is -2.02. The number of phenols is 1. The second-order valence-electron chi connectivity index (χ2n) is 4.27. The number of aromatic hydroxyl groups is 1. The Labute approximate surface area is 127 Å². The fourth-order valence-corrected chi connectivity index (χ4v) is 2.52. The van der Waals surface area contributed by atoms with Gasteiger partial charge < -0.3 is 19.9 Å². The number of esters is 1. The summed E-state index contributed by atoms with van der Waals surface area (Å²) in [5.74, 6) is 0.561. The Kier molecular flexibility index (Phi) is 5.05. The highest BCUT2D eigenvalue weighted by molar-refractivity contribution is 7.12. The zero-order valence-corrected chi connectivity index (χ0v) is 12.7. The van der Waals surface area contributed by atoms with Crippen LogP contribution in [0.5, 0.6) is 11.5 Å². The van der Waals surface area contributed by atoms with Crippen LogP contribution in [0.1, 0.15) is 22.2 Å². The van der Waals surface area contributed by atoms with Crippen molar-refractivity contribution in [2.45, 2.75) is 13.5 Å². The molecule has 0 atom stereocenters. The van der Waals surface area contributed by atoms with Gasteiger partial charge in [0.25, 0.3) is 0 Å². The maximum atomic E-state index is 11.6. The summed E-state index contributed by atoms with van der Waals surface area (Å²) in [7, 11) is 1.58. The lowest BCUT2D eigenvalue weighted by molar-refractivity contribution is 0.0532. The molecule has 0 saturated heterocycles. The first-order chi connectivity index (χ1) is 10.1. The van der Waals surface area contributed by atoms with Gasteiger partial charge in [-0.2, -0.15) is 0 Å². The number of anilines is 1. The number of ether oxygens (including phenoxy) is 2. The molecule has 2 N–H and O–H groups in total. The molecule has 0 unspecified atom stereocenters. The second-order valence-corrected chi connectivity index (χ2v) is 5.18. The van der Waals surface area contributed by atoms with E-state index in [2.05, 4.69) is 5.32 Å². The number of phenolic OH excluding ortho intramolecular Hbond substituents is 1. The lowest BCUT2D eigenvalue weighted by atomic mass is 10.2. The number of nitrogens with one attached hydrogen (secondary N) is 1. The second kappa shape index (κ2) is 6.99. The van der Waals surface area contributed by atoms with E-state index in [-0.39, 0.29) is 11.7 Å². The van der Waals surface area contributed by atoms with Crippen LogP contribution < -0.4 is 10.1 Å². The van der Waals surface area contributed by atoms with Gasteiger partial charge in [0.1, 0.15) is 16.4 Å². The maximum absolute atomic E-state index is 11.6. The van der Waals surface area contributed by atoms with Crippen molar-refractivity contribution in [1.82, 2.24) is 0 Å². The highest BCUT2D eigenvalue weighted by Gasteiger charge is 2.10. The quantitative estimate of drug-likeness (QED) is 0.802. The number of hydrogen-bond donors (Lipinski definition) is 2. The summed E-state index contributed by atoms with van der Waals surface area (Å²) in [4.78, 5) is 12.1. The molecular formula is C15H17NO4S. The van der Waals surface area contributed by atoms with Gasteiger partial charge in [-0.25, -0.2) is 4.79 Å². The van der Waals surface area contributed by atoms with Crippen molar-refractivity contribution in [1.29, 1.82) is 0 Å². The van der Waals surface area contributed by atoms with E-state index in [9.17, 15) is 9.90 Å². The maximum Gasteiger partial charge on any atom is 0.348 e. The molecule has 0 aliphatic heterocycles. The van der Waals surface area contributed by atoms with Gasteiger partial charge in [-0.15, -0.1) is 11.3 Å². The van der Waals surface area contributed by atoms with E-state index < -0.39 is 0 Å². The average Bonchev–Trinajstić information content (AvgIpc) is 2.96. The van der Waals surface area contributed by atoms with Crippen molar-refractivity contribution in [2.24, 2.45) is 0 Å². The molecule has 1 aromatic heterocycles. The summed E-state index contributed by atoms with van der Waals surface area (Å²) in [6, 6.07) is 6.79. The Bertz CT molecular complexity index is 624. The molecule has 21 heavy (non-hydrogen) atoms. The molecule has 0 radical (unpaired) electrons. The van der Waals surface area contributed by atoms with Crippen LogP contribution >= 0.6 is 11.3 Å². The molecule has 0 bridgehead atoms. The van der Waals surface area contributed by atoms with E-state index in [0.717, 1.165) is 11.3 Å². The molecule has 0 aliphatic rings. The van der Waals surface area contributed by atoms with Gasteiger partial charge in [0.15, 0.2) is 0 Å². The zero-order valence-electron chi connectivity index (χ0n) is 11.9. The van der Waals surface area contributed by atoms with Crippen LogP contribution in [0.3, 0.4) is 0 Å². The van der Waals surface area contributed by atoms with E-state index in [1.807, 2.05) is 5.38 Å². The van der Waals surface area contributed by atoms with E-state index >= 15 is 0 Å². The highest BCUT2D eigenvalue weighted by atomic mass is 32.1. The SMILES string of the molecule is CCOC(=O)c1cc(NCc2cc(OC)ccc2O)cs1. The first-order valence-corrected chi connectivity index (χ1v) is 7.37.